The molecule has 0 bridgehead atoms. The number of piperidine rings is 1. The number of aryl methyl sites for hydroxylation is 2. The van der Waals surface area contributed by atoms with Crippen molar-refractivity contribution in [3.05, 3.63) is 112 Å². The third-order valence-corrected chi connectivity index (χ3v) is 10.2. The Labute approximate surface area is 300 Å². The number of imidazole rings is 1. The number of nitrogens with zero attached hydrogens (tertiary/aromatic N) is 6. The molecule has 11 nitrogen and oxygen atoms in total. The fourth-order valence-corrected chi connectivity index (χ4v) is 7.18. The second-order valence-electron chi connectivity index (χ2n) is 13.8. The van der Waals surface area contributed by atoms with E-state index < -0.39 is 5.82 Å². The smallest absolute Gasteiger partial charge is 0.255 e. The third kappa shape index (κ3) is 6.85. The summed E-state index contributed by atoms with van der Waals surface area (Å²) in [6.07, 6.45) is 3.04. The van der Waals surface area contributed by atoms with Crippen molar-refractivity contribution in [2.45, 2.75) is 64.8 Å². The summed E-state index contributed by atoms with van der Waals surface area (Å²) < 4.78 is 28.3. The number of ether oxygens (including phenoxy) is 2. The summed E-state index contributed by atoms with van der Waals surface area (Å²) in [5, 5.41) is 20.5. The molecule has 2 fully saturated rings. The van der Waals surface area contributed by atoms with Gasteiger partial charge in [-0.3, -0.25) is 14.8 Å². The predicted molar refractivity (Wildman–Crippen MR) is 195 cm³/mol. The zero-order valence-electron chi connectivity index (χ0n) is 29.2. The number of aromatic nitrogens is 5. The predicted octanol–water partition coefficient (Wildman–Crippen LogP) is 6.94. The van der Waals surface area contributed by atoms with Crippen molar-refractivity contribution in [1.29, 1.82) is 5.26 Å². The number of fused-ring (bicyclic) bond motifs is 2. The fraction of sp³-hybridized carbons (Fsp3) is 0.325. The van der Waals surface area contributed by atoms with Gasteiger partial charge in [-0.15, -0.1) is 0 Å². The van der Waals surface area contributed by atoms with Crippen molar-refractivity contribution in [2.24, 2.45) is 0 Å². The standard InChI is InChI=1S/C40H39FN8O3/c1-24-16-30(19-32-25(2)46-47-39(24)32)43-40(50)28-8-9-36-35(18-28)44-37(49(36)21-31-12-15-51-31)22-48-13-10-27(11-14-48)34-4-3-5-38(45-34)52-23-29-7-6-26(20-42)17-33(29)41/h3-9,16-19,27,31H,10-15,21-23H2,1-2H3,(H,43,50)(H,46,47)/t31-/m0/s1. The summed E-state index contributed by atoms with van der Waals surface area (Å²) in [5.74, 6) is 1.03. The summed E-state index contributed by atoms with van der Waals surface area (Å²) >= 11 is 0. The van der Waals surface area contributed by atoms with Gasteiger partial charge in [0.05, 0.1) is 47.4 Å². The van der Waals surface area contributed by atoms with E-state index in [1.165, 1.54) is 6.07 Å². The first kappa shape index (κ1) is 33.5. The molecule has 0 unspecified atom stereocenters. The van der Waals surface area contributed by atoms with E-state index in [-0.39, 0.29) is 30.1 Å². The molecule has 1 atom stereocenters. The second kappa shape index (κ2) is 14.2. The molecule has 8 rings (SSSR count). The van der Waals surface area contributed by atoms with E-state index in [1.54, 1.807) is 18.2 Å². The maximum absolute atomic E-state index is 14.4. The highest BCUT2D eigenvalue weighted by molar-refractivity contribution is 6.07. The molecule has 12 heteroatoms. The molecular weight excluding hydrogens is 659 g/mol. The van der Waals surface area contributed by atoms with Gasteiger partial charge in [-0.25, -0.2) is 14.4 Å². The summed E-state index contributed by atoms with van der Waals surface area (Å²) in [6.45, 7) is 7.94. The molecule has 0 spiro atoms. The van der Waals surface area contributed by atoms with Crippen LogP contribution >= 0.6 is 0 Å². The number of amides is 1. The summed E-state index contributed by atoms with van der Waals surface area (Å²) in [5.41, 5.74) is 7.53. The van der Waals surface area contributed by atoms with Crippen LogP contribution in [0.25, 0.3) is 21.9 Å². The van der Waals surface area contributed by atoms with Gasteiger partial charge in [0.25, 0.3) is 5.91 Å². The number of carbonyl (C=O) groups is 1. The summed E-state index contributed by atoms with van der Waals surface area (Å²) in [6, 6.07) is 21.7. The van der Waals surface area contributed by atoms with Crippen molar-refractivity contribution in [1.82, 2.24) is 29.6 Å². The highest BCUT2D eigenvalue weighted by Crippen LogP contribution is 2.31. The Bertz CT molecular complexity index is 2330. The van der Waals surface area contributed by atoms with Gasteiger partial charge >= 0.3 is 0 Å². The molecule has 2 N–H and O–H groups in total. The molecular formula is C40H39FN8O3. The van der Waals surface area contributed by atoms with Crippen molar-refractivity contribution in [3.8, 4) is 11.9 Å². The van der Waals surface area contributed by atoms with E-state index in [9.17, 15) is 9.18 Å². The maximum atomic E-state index is 14.4. The first-order valence-corrected chi connectivity index (χ1v) is 17.7. The molecule has 264 valence electrons. The number of benzene rings is 3. The van der Waals surface area contributed by atoms with Gasteiger partial charge in [0, 0.05) is 52.2 Å². The average molecular weight is 699 g/mol. The molecule has 0 radical (unpaired) electrons. The number of anilines is 1. The van der Waals surface area contributed by atoms with E-state index in [4.69, 9.17) is 24.7 Å². The lowest BCUT2D eigenvalue weighted by Gasteiger charge is -2.32. The van der Waals surface area contributed by atoms with E-state index >= 15 is 0 Å². The largest absolute Gasteiger partial charge is 0.473 e. The van der Waals surface area contributed by atoms with Crippen LogP contribution in [0.4, 0.5) is 10.1 Å². The number of pyridine rings is 1. The van der Waals surface area contributed by atoms with E-state index in [0.717, 1.165) is 95.9 Å². The lowest BCUT2D eigenvalue weighted by molar-refractivity contribution is -0.0592. The molecule has 52 heavy (non-hydrogen) atoms. The molecule has 2 saturated heterocycles. The van der Waals surface area contributed by atoms with Crippen molar-refractivity contribution in [2.75, 3.05) is 25.0 Å². The van der Waals surface area contributed by atoms with Crippen LogP contribution in [0.15, 0.2) is 66.7 Å². The summed E-state index contributed by atoms with van der Waals surface area (Å²) in [4.78, 5) is 25.7. The SMILES string of the molecule is Cc1[nH]nc2c(C)cc(NC(=O)c3ccc4c(c3)nc(CN3CCC(c5cccc(OCc6ccc(C#N)cc6F)n5)CC3)n4C[C@@H]3CCO3)cc12. The Morgan fingerprint density at radius 2 is 1.92 bits per heavy atom. The van der Waals surface area contributed by atoms with E-state index in [2.05, 4.69) is 25.0 Å². The molecule has 6 aromatic rings. The number of aromatic amines is 1. The number of halogens is 1. The number of nitriles is 1. The van der Waals surface area contributed by atoms with Crippen molar-refractivity contribution in [3.63, 3.8) is 0 Å². The zero-order valence-corrected chi connectivity index (χ0v) is 29.2. The van der Waals surface area contributed by atoms with Gasteiger partial charge < -0.3 is 19.4 Å². The maximum Gasteiger partial charge on any atom is 0.255 e. The monoisotopic (exact) mass is 698 g/mol. The number of carbonyl (C=O) groups excluding carboxylic acids is 1. The van der Waals surface area contributed by atoms with Crippen molar-refractivity contribution < 1.29 is 18.7 Å². The van der Waals surface area contributed by atoms with Crippen LogP contribution in [0, 0.1) is 31.0 Å². The van der Waals surface area contributed by atoms with Gasteiger partial charge in [-0.1, -0.05) is 12.1 Å². The second-order valence-corrected chi connectivity index (χ2v) is 13.8. The molecule has 2 aliphatic heterocycles. The van der Waals surface area contributed by atoms with Gasteiger partial charge in [0.15, 0.2) is 0 Å². The highest BCUT2D eigenvalue weighted by Gasteiger charge is 2.26. The number of hydrogen-bond donors (Lipinski definition) is 2. The Balaban J connectivity index is 0.940. The van der Waals surface area contributed by atoms with Crippen LogP contribution in [0.1, 0.15) is 69.4 Å². The highest BCUT2D eigenvalue weighted by atomic mass is 19.1. The van der Waals surface area contributed by atoms with Crippen LogP contribution in [-0.2, 0) is 24.4 Å². The number of H-pyrrole nitrogens is 1. The molecule has 5 heterocycles. The van der Waals surface area contributed by atoms with Gasteiger partial charge in [-0.2, -0.15) is 10.4 Å². The van der Waals surface area contributed by atoms with Crippen LogP contribution in [0.5, 0.6) is 5.88 Å². The normalized spacial score (nSPS) is 16.5. The van der Waals surface area contributed by atoms with Crippen LogP contribution in [-0.4, -0.2) is 61.3 Å². The molecule has 2 aliphatic rings. The molecule has 0 aliphatic carbocycles. The Hall–Kier alpha value is -5.64. The molecule has 0 saturated carbocycles. The molecule has 1 amide bonds. The Morgan fingerprint density at radius 3 is 2.69 bits per heavy atom. The number of rotatable bonds is 10. The Kier molecular flexibility index (Phi) is 9.13. The minimum Gasteiger partial charge on any atom is -0.473 e. The quantitative estimate of drug-likeness (QED) is 0.157. The average Bonchev–Trinajstić information content (AvgIpc) is 3.68. The van der Waals surface area contributed by atoms with Crippen LogP contribution in [0.2, 0.25) is 0 Å². The molecule has 3 aromatic carbocycles. The number of nitrogens with one attached hydrogen (secondary N) is 2. The fourth-order valence-electron chi connectivity index (χ4n) is 7.18. The van der Waals surface area contributed by atoms with Gasteiger partial charge in [0.2, 0.25) is 5.88 Å². The third-order valence-electron chi connectivity index (χ3n) is 10.2. The Morgan fingerprint density at radius 1 is 1.08 bits per heavy atom. The van der Waals surface area contributed by atoms with Crippen LogP contribution in [0.3, 0.4) is 0 Å². The molecule has 3 aromatic heterocycles. The summed E-state index contributed by atoms with van der Waals surface area (Å²) in [7, 11) is 0. The number of hydrogen-bond acceptors (Lipinski definition) is 8. The van der Waals surface area contributed by atoms with Gasteiger partial charge in [-0.05, 0) is 100 Å². The van der Waals surface area contributed by atoms with Gasteiger partial charge in [0.1, 0.15) is 18.2 Å². The van der Waals surface area contributed by atoms with E-state index in [1.807, 2.05) is 62.4 Å². The first-order chi connectivity index (χ1) is 25.3. The minimum atomic E-state index is -0.466. The minimum absolute atomic E-state index is 0.0349. The number of likely N-dealkylation sites (tertiary alicyclic amines) is 1. The lowest BCUT2D eigenvalue weighted by Crippen LogP contribution is -2.35. The lowest BCUT2D eigenvalue weighted by atomic mass is 9.93. The van der Waals surface area contributed by atoms with E-state index in [0.29, 0.717) is 23.6 Å². The first-order valence-electron chi connectivity index (χ1n) is 17.7. The topological polar surface area (TPSA) is 134 Å². The van der Waals surface area contributed by atoms with Crippen molar-refractivity contribution >= 4 is 33.5 Å². The zero-order chi connectivity index (χ0) is 35.8. The van der Waals surface area contributed by atoms with Crippen LogP contribution < -0.4 is 10.1 Å².